The van der Waals surface area contributed by atoms with Gasteiger partial charge in [-0.15, -0.1) is 0 Å². The van der Waals surface area contributed by atoms with Gasteiger partial charge >= 0.3 is 0 Å². The number of rotatable bonds is 2. The second-order valence-electron chi connectivity index (χ2n) is 6.04. The number of hydrogen-bond donors (Lipinski definition) is 1. The molecule has 0 bridgehead atoms. The average molecular weight is 288 g/mol. The van der Waals surface area contributed by atoms with E-state index in [0.29, 0.717) is 19.1 Å². The lowest BCUT2D eigenvalue weighted by atomic mass is 9.96. The molecule has 0 aromatic heterocycles. The summed E-state index contributed by atoms with van der Waals surface area (Å²) in [5.41, 5.74) is 2.44. The molecule has 0 aliphatic carbocycles. The van der Waals surface area contributed by atoms with E-state index >= 15 is 0 Å². The van der Waals surface area contributed by atoms with Crippen molar-refractivity contribution >= 4 is 5.91 Å². The first-order valence-electron chi connectivity index (χ1n) is 7.92. The Bertz CT molecular complexity index is 497. The molecule has 0 unspecified atom stereocenters. The van der Waals surface area contributed by atoms with Gasteiger partial charge in [-0.25, -0.2) is 0 Å². The Labute approximate surface area is 126 Å². The molecule has 1 aromatic carbocycles. The van der Waals surface area contributed by atoms with Crippen molar-refractivity contribution < 1.29 is 9.53 Å². The third-order valence-electron chi connectivity index (χ3n) is 4.56. The van der Waals surface area contributed by atoms with Crippen LogP contribution in [-0.4, -0.2) is 43.6 Å². The molecule has 0 saturated carbocycles. The fourth-order valence-corrected chi connectivity index (χ4v) is 3.31. The Morgan fingerprint density at radius 2 is 2.24 bits per heavy atom. The Balaban J connectivity index is 1.68. The maximum absolute atomic E-state index is 12.6. The van der Waals surface area contributed by atoms with E-state index in [1.807, 2.05) is 17.0 Å². The number of carbonyl (C=O) groups excluding carboxylic acids is 1. The van der Waals surface area contributed by atoms with Crippen molar-refractivity contribution in [1.82, 2.24) is 10.2 Å². The third kappa shape index (κ3) is 3.27. The molecule has 1 aromatic rings. The third-order valence-corrected chi connectivity index (χ3v) is 4.56. The number of nitrogens with zero attached hydrogens (tertiary/aromatic N) is 1. The van der Waals surface area contributed by atoms with E-state index in [0.717, 1.165) is 32.5 Å². The van der Waals surface area contributed by atoms with Gasteiger partial charge in [0, 0.05) is 13.1 Å². The van der Waals surface area contributed by atoms with Gasteiger partial charge in [-0.05, 0) is 37.4 Å². The maximum Gasteiger partial charge on any atom is 0.227 e. The SMILES string of the molecule is Cc1ccccc1[C@@H]1CN(C(=O)[C@H]2CCCNC2)CCO1. The quantitative estimate of drug-likeness (QED) is 0.903. The van der Waals surface area contributed by atoms with E-state index < -0.39 is 0 Å². The zero-order valence-corrected chi connectivity index (χ0v) is 12.7. The van der Waals surface area contributed by atoms with Crippen LogP contribution in [0.1, 0.15) is 30.1 Å². The fraction of sp³-hybridized carbons (Fsp3) is 0.588. The standard InChI is InChI=1S/C17H24N2O2/c1-13-5-2-3-7-15(13)16-12-19(9-10-21-16)17(20)14-6-4-8-18-11-14/h2-3,5,7,14,16,18H,4,6,8-12H2,1H3/t14-,16-/m0/s1. The zero-order valence-electron chi connectivity index (χ0n) is 12.7. The number of nitrogens with one attached hydrogen (secondary N) is 1. The number of piperidine rings is 1. The number of carbonyl (C=O) groups is 1. The van der Waals surface area contributed by atoms with E-state index in [2.05, 4.69) is 24.4 Å². The van der Waals surface area contributed by atoms with Crippen molar-refractivity contribution in [2.45, 2.75) is 25.9 Å². The van der Waals surface area contributed by atoms with Crippen LogP contribution >= 0.6 is 0 Å². The summed E-state index contributed by atoms with van der Waals surface area (Å²) >= 11 is 0. The average Bonchev–Trinajstić information content (AvgIpc) is 2.55. The normalized spacial score (nSPS) is 26.6. The highest BCUT2D eigenvalue weighted by Crippen LogP contribution is 2.26. The molecule has 2 saturated heterocycles. The van der Waals surface area contributed by atoms with Crippen molar-refractivity contribution in [3.8, 4) is 0 Å². The Morgan fingerprint density at radius 3 is 3.00 bits per heavy atom. The highest BCUT2D eigenvalue weighted by atomic mass is 16.5. The van der Waals surface area contributed by atoms with Crippen molar-refractivity contribution in [2.24, 2.45) is 5.92 Å². The van der Waals surface area contributed by atoms with Gasteiger partial charge < -0.3 is 15.0 Å². The van der Waals surface area contributed by atoms with Gasteiger partial charge in [-0.2, -0.15) is 0 Å². The molecular formula is C17H24N2O2. The highest BCUT2D eigenvalue weighted by Gasteiger charge is 2.31. The Hall–Kier alpha value is -1.39. The van der Waals surface area contributed by atoms with Crippen LogP contribution in [-0.2, 0) is 9.53 Å². The first kappa shape index (κ1) is 14.5. The minimum atomic E-state index is 0.0143. The van der Waals surface area contributed by atoms with E-state index in [4.69, 9.17) is 4.74 Å². The summed E-state index contributed by atoms with van der Waals surface area (Å²) in [4.78, 5) is 14.6. The number of hydrogen-bond acceptors (Lipinski definition) is 3. The topological polar surface area (TPSA) is 41.6 Å². The lowest BCUT2D eigenvalue weighted by molar-refractivity contribution is -0.143. The molecule has 21 heavy (non-hydrogen) atoms. The largest absolute Gasteiger partial charge is 0.370 e. The van der Waals surface area contributed by atoms with Crippen LogP contribution in [0.15, 0.2) is 24.3 Å². The molecule has 2 aliphatic rings. The number of morpholine rings is 1. The molecule has 2 fully saturated rings. The first-order chi connectivity index (χ1) is 10.3. The predicted octanol–water partition coefficient (Wildman–Crippen LogP) is 1.89. The minimum absolute atomic E-state index is 0.0143. The van der Waals surface area contributed by atoms with Crippen molar-refractivity contribution in [1.29, 1.82) is 0 Å². The molecule has 4 heteroatoms. The van der Waals surface area contributed by atoms with Crippen molar-refractivity contribution in [3.05, 3.63) is 35.4 Å². The van der Waals surface area contributed by atoms with Crippen LogP contribution in [0.4, 0.5) is 0 Å². The summed E-state index contributed by atoms with van der Waals surface area (Å²) in [7, 11) is 0. The predicted molar refractivity (Wildman–Crippen MR) is 82.0 cm³/mol. The molecular weight excluding hydrogens is 264 g/mol. The molecule has 0 spiro atoms. The summed E-state index contributed by atoms with van der Waals surface area (Å²) in [5, 5.41) is 3.33. The van der Waals surface area contributed by atoms with Gasteiger partial charge in [0.25, 0.3) is 0 Å². The summed E-state index contributed by atoms with van der Waals surface area (Å²) in [6, 6.07) is 8.29. The molecule has 2 heterocycles. The molecule has 0 radical (unpaired) electrons. The summed E-state index contributed by atoms with van der Waals surface area (Å²) < 4.78 is 5.90. The van der Waals surface area contributed by atoms with Crippen LogP contribution in [0.5, 0.6) is 0 Å². The second kappa shape index (κ2) is 6.58. The molecule has 1 amide bonds. The molecule has 4 nitrogen and oxygen atoms in total. The van der Waals surface area contributed by atoms with Gasteiger partial charge in [0.05, 0.1) is 19.1 Å². The maximum atomic E-state index is 12.6. The van der Waals surface area contributed by atoms with Crippen LogP contribution in [0, 0.1) is 12.8 Å². The van der Waals surface area contributed by atoms with Gasteiger partial charge in [0.15, 0.2) is 0 Å². The number of ether oxygens (including phenoxy) is 1. The summed E-state index contributed by atoms with van der Waals surface area (Å²) in [5.74, 6) is 0.443. The van der Waals surface area contributed by atoms with Crippen LogP contribution < -0.4 is 5.32 Å². The van der Waals surface area contributed by atoms with Gasteiger partial charge in [0.2, 0.25) is 5.91 Å². The van der Waals surface area contributed by atoms with Crippen molar-refractivity contribution in [2.75, 3.05) is 32.8 Å². The lowest BCUT2D eigenvalue weighted by Crippen LogP contribution is -2.48. The second-order valence-corrected chi connectivity index (χ2v) is 6.04. The van der Waals surface area contributed by atoms with Gasteiger partial charge in [-0.1, -0.05) is 24.3 Å². The smallest absolute Gasteiger partial charge is 0.227 e. The van der Waals surface area contributed by atoms with E-state index in [-0.39, 0.29) is 12.0 Å². The van der Waals surface area contributed by atoms with Crippen molar-refractivity contribution in [3.63, 3.8) is 0 Å². The molecule has 2 atom stereocenters. The van der Waals surface area contributed by atoms with Crippen LogP contribution in [0.25, 0.3) is 0 Å². The van der Waals surface area contributed by atoms with E-state index in [1.165, 1.54) is 11.1 Å². The Kier molecular flexibility index (Phi) is 4.56. The molecule has 2 aliphatic heterocycles. The fourth-order valence-electron chi connectivity index (χ4n) is 3.31. The number of aryl methyl sites for hydroxylation is 1. The number of amides is 1. The van der Waals surface area contributed by atoms with Gasteiger partial charge in [-0.3, -0.25) is 4.79 Å². The highest BCUT2D eigenvalue weighted by molar-refractivity contribution is 5.79. The molecule has 114 valence electrons. The summed E-state index contributed by atoms with van der Waals surface area (Å²) in [6.45, 7) is 6.00. The van der Waals surface area contributed by atoms with E-state index in [9.17, 15) is 4.79 Å². The van der Waals surface area contributed by atoms with E-state index in [1.54, 1.807) is 0 Å². The van der Waals surface area contributed by atoms with Crippen LogP contribution in [0.3, 0.4) is 0 Å². The number of benzene rings is 1. The Morgan fingerprint density at radius 1 is 1.38 bits per heavy atom. The molecule has 3 rings (SSSR count). The molecule has 1 N–H and O–H groups in total. The summed E-state index contributed by atoms with van der Waals surface area (Å²) in [6.07, 6.45) is 2.13. The lowest BCUT2D eigenvalue weighted by Gasteiger charge is -2.36. The minimum Gasteiger partial charge on any atom is -0.370 e. The van der Waals surface area contributed by atoms with Crippen LogP contribution in [0.2, 0.25) is 0 Å². The van der Waals surface area contributed by atoms with Gasteiger partial charge in [0.1, 0.15) is 6.10 Å². The monoisotopic (exact) mass is 288 g/mol. The zero-order chi connectivity index (χ0) is 14.7. The first-order valence-corrected chi connectivity index (χ1v) is 7.92.